The molecule has 0 spiro atoms. The molecule has 1 unspecified atom stereocenters. The number of nitrogens with one attached hydrogen (secondary N) is 1. The van der Waals surface area contributed by atoms with Crippen LogP contribution in [0.2, 0.25) is 0 Å². The molecule has 4 aliphatic rings. The summed E-state index contributed by atoms with van der Waals surface area (Å²) in [5.74, 6) is 0.734. The molecule has 2 aromatic rings. The summed E-state index contributed by atoms with van der Waals surface area (Å²) < 4.78 is 5.46. The number of ether oxygens (including phenoxy) is 1. The second kappa shape index (κ2) is 7.85. The highest BCUT2D eigenvalue weighted by Gasteiger charge is 2.35. The van der Waals surface area contributed by atoms with Crippen molar-refractivity contribution in [2.24, 2.45) is 5.92 Å². The van der Waals surface area contributed by atoms with Crippen molar-refractivity contribution >= 4 is 22.9 Å². The number of anilines is 1. The first-order valence-corrected chi connectivity index (χ1v) is 11.1. The van der Waals surface area contributed by atoms with Gasteiger partial charge in [0.1, 0.15) is 0 Å². The highest BCUT2D eigenvalue weighted by Crippen LogP contribution is 2.32. The second-order valence-corrected chi connectivity index (χ2v) is 9.12. The van der Waals surface area contributed by atoms with Crippen molar-refractivity contribution < 1.29 is 9.53 Å². The zero-order valence-electron chi connectivity index (χ0n) is 16.1. The number of morpholine rings is 1. The van der Waals surface area contributed by atoms with Crippen LogP contribution < -0.4 is 10.2 Å². The molecule has 1 aromatic carbocycles. The van der Waals surface area contributed by atoms with Crippen molar-refractivity contribution in [3.05, 3.63) is 41.3 Å². The van der Waals surface area contributed by atoms with Crippen molar-refractivity contribution in [3.8, 4) is 10.4 Å². The lowest BCUT2D eigenvalue weighted by atomic mass is 9.84. The van der Waals surface area contributed by atoms with Crippen LogP contribution in [-0.2, 0) is 4.74 Å². The quantitative estimate of drug-likeness (QED) is 0.861. The number of carbonyl (C=O) groups excluding carboxylic acids is 1. The molecule has 1 atom stereocenters. The Morgan fingerprint density at radius 1 is 1.07 bits per heavy atom. The van der Waals surface area contributed by atoms with Crippen LogP contribution >= 0.6 is 11.3 Å². The van der Waals surface area contributed by atoms with Gasteiger partial charge >= 0.3 is 0 Å². The standard InChI is InChI=1S/C22H27N3O2S/c26-22(23-19-15-24-8-6-16(19)7-9-24)21-5-4-20(28-21)17-2-1-3-18(14-17)25-10-12-27-13-11-25/h1-5,14,16,19H,6-13,15H2,(H,23,26). The van der Waals surface area contributed by atoms with Crippen LogP contribution in [0, 0.1) is 5.92 Å². The number of benzene rings is 1. The molecule has 4 fully saturated rings. The average molecular weight is 398 g/mol. The highest BCUT2D eigenvalue weighted by molar-refractivity contribution is 7.17. The molecule has 28 heavy (non-hydrogen) atoms. The van der Waals surface area contributed by atoms with Crippen LogP contribution in [0.5, 0.6) is 0 Å². The molecule has 5 nitrogen and oxygen atoms in total. The van der Waals surface area contributed by atoms with E-state index in [1.54, 1.807) is 11.3 Å². The fourth-order valence-electron chi connectivity index (χ4n) is 4.66. The second-order valence-electron chi connectivity index (χ2n) is 8.03. The molecule has 2 bridgehead atoms. The van der Waals surface area contributed by atoms with Crippen LogP contribution in [0.25, 0.3) is 10.4 Å². The van der Waals surface area contributed by atoms with Gasteiger partial charge < -0.3 is 19.9 Å². The van der Waals surface area contributed by atoms with Crippen LogP contribution in [0.3, 0.4) is 0 Å². The van der Waals surface area contributed by atoms with E-state index < -0.39 is 0 Å². The highest BCUT2D eigenvalue weighted by atomic mass is 32.1. The Kier molecular flexibility index (Phi) is 5.09. The van der Waals surface area contributed by atoms with E-state index in [0.29, 0.717) is 12.0 Å². The van der Waals surface area contributed by atoms with Crippen LogP contribution in [0.4, 0.5) is 5.69 Å². The molecule has 0 saturated carbocycles. The Balaban J connectivity index is 1.28. The van der Waals surface area contributed by atoms with Crippen molar-refractivity contribution in [2.75, 3.05) is 50.8 Å². The fourth-order valence-corrected chi connectivity index (χ4v) is 5.57. The van der Waals surface area contributed by atoms with Gasteiger partial charge in [-0.15, -0.1) is 11.3 Å². The van der Waals surface area contributed by atoms with Gasteiger partial charge in [-0.3, -0.25) is 4.79 Å². The minimum Gasteiger partial charge on any atom is -0.378 e. The number of thiophene rings is 1. The van der Waals surface area contributed by atoms with Gasteiger partial charge in [-0.05, 0) is 61.7 Å². The fraction of sp³-hybridized carbons (Fsp3) is 0.500. The van der Waals surface area contributed by atoms with E-state index in [1.807, 2.05) is 6.07 Å². The van der Waals surface area contributed by atoms with Crippen molar-refractivity contribution in [3.63, 3.8) is 0 Å². The van der Waals surface area contributed by atoms with Gasteiger partial charge in [0.15, 0.2) is 0 Å². The lowest BCUT2D eigenvalue weighted by molar-refractivity contribution is 0.0622. The van der Waals surface area contributed by atoms with Crippen molar-refractivity contribution in [1.29, 1.82) is 0 Å². The largest absolute Gasteiger partial charge is 0.378 e. The van der Waals surface area contributed by atoms with Crippen molar-refractivity contribution in [1.82, 2.24) is 10.2 Å². The molecule has 6 rings (SSSR count). The van der Waals surface area contributed by atoms with Gasteiger partial charge in [0.2, 0.25) is 0 Å². The number of hydrogen-bond donors (Lipinski definition) is 1. The molecule has 148 valence electrons. The lowest BCUT2D eigenvalue weighted by Crippen LogP contribution is -2.57. The summed E-state index contributed by atoms with van der Waals surface area (Å²) in [7, 11) is 0. The lowest BCUT2D eigenvalue weighted by Gasteiger charge is -2.44. The van der Waals surface area contributed by atoms with Gasteiger partial charge in [0.05, 0.1) is 18.1 Å². The van der Waals surface area contributed by atoms with Crippen LogP contribution in [0.15, 0.2) is 36.4 Å². The first-order chi connectivity index (χ1) is 13.8. The van der Waals surface area contributed by atoms with Crippen molar-refractivity contribution in [2.45, 2.75) is 18.9 Å². The first-order valence-electron chi connectivity index (χ1n) is 10.3. The maximum atomic E-state index is 12.8. The molecule has 1 amide bonds. The molecule has 4 aliphatic heterocycles. The summed E-state index contributed by atoms with van der Waals surface area (Å²) >= 11 is 1.59. The molecule has 5 heterocycles. The molecule has 1 aromatic heterocycles. The molecule has 0 radical (unpaired) electrons. The number of fused-ring (bicyclic) bond motifs is 3. The van der Waals surface area contributed by atoms with Gasteiger partial charge in [-0.2, -0.15) is 0 Å². The molecule has 4 saturated heterocycles. The summed E-state index contributed by atoms with van der Waals surface area (Å²) in [6.45, 7) is 6.83. The first kappa shape index (κ1) is 18.2. The molecule has 6 heteroatoms. The summed E-state index contributed by atoms with van der Waals surface area (Å²) in [6.07, 6.45) is 2.43. The number of carbonyl (C=O) groups is 1. The maximum absolute atomic E-state index is 12.8. The van der Waals surface area contributed by atoms with E-state index in [0.717, 1.165) is 42.6 Å². The Labute approximate surface area is 170 Å². The average Bonchev–Trinajstić information content (AvgIpc) is 3.26. The third kappa shape index (κ3) is 3.69. The van der Waals surface area contributed by atoms with E-state index in [4.69, 9.17) is 4.74 Å². The Morgan fingerprint density at radius 2 is 1.89 bits per heavy atom. The summed E-state index contributed by atoms with van der Waals surface area (Å²) in [5, 5.41) is 3.30. The van der Waals surface area contributed by atoms with Crippen LogP contribution in [-0.4, -0.2) is 62.8 Å². The zero-order valence-corrected chi connectivity index (χ0v) is 16.9. The third-order valence-electron chi connectivity index (χ3n) is 6.31. The number of rotatable bonds is 4. The summed E-state index contributed by atoms with van der Waals surface area (Å²) in [4.78, 5) is 19.6. The predicted molar refractivity (Wildman–Crippen MR) is 113 cm³/mol. The Hall–Kier alpha value is -1.89. The monoisotopic (exact) mass is 397 g/mol. The molecule has 0 aliphatic carbocycles. The number of nitrogens with zero attached hydrogens (tertiary/aromatic N) is 2. The van der Waals surface area contributed by atoms with Gasteiger partial charge in [0.25, 0.3) is 5.91 Å². The van der Waals surface area contributed by atoms with Gasteiger partial charge in [-0.1, -0.05) is 12.1 Å². The SMILES string of the molecule is O=C(NC1CN2CCC1CC2)c1ccc(-c2cccc(N3CCOCC3)c2)s1. The molecular weight excluding hydrogens is 370 g/mol. The van der Waals surface area contributed by atoms with E-state index in [2.05, 4.69) is 45.4 Å². The number of piperidine rings is 3. The number of hydrogen-bond acceptors (Lipinski definition) is 5. The van der Waals surface area contributed by atoms with Gasteiger partial charge in [0, 0.05) is 36.2 Å². The maximum Gasteiger partial charge on any atom is 0.261 e. The Morgan fingerprint density at radius 3 is 2.64 bits per heavy atom. The summed E-state index contributed by atoms with van der Waals surface area (Å²) in [5.41, 5.74) is 2.41. The van der Waals surface area contributed by atoms with E-state index in [9.17, 15) is 4.79 Å². The molecular formula is C22H27N3O2S. The topological polar surface area (TPSA) is 44.8 Å². The summed E-state index contributed by atoms with van der Waals surface area (Å²) in [6, 6.07) is 13.0. The van der Waals surface area contributed by atoms with E-state index in [1.165, 1.54) is 37.2 Å². The van der Waals surface area contributed by atoms with Crippen LogP contribution in [0.1, 0.15) is 22.5 Å². The minimum atomic E-state index is 0.0827. The third-order valence-corrected chi connectivity index (χ3v) is 7.44. The van der Waals surface area contributed by atoms with Gasteiger partial charge in [-0.25, -0.2) is 0 Å². The number of amides is 1. The van der Waals surface area contributed by atoms with E-state index in [-0.39, 0.29) is 5.91 Å². The normalized spacial score (nSPS) is 27.0. The Bertz CT molecular complexity index is 838. The molecule has 1 N–H and O–H groups in total. The van der Waals surface area contributed by atoms with E-state index >= 15 is 0 Å². The minimum absolute atomic E-state index is 0.0827. The zero-order chi connectivity index (χ0) is 18.9. The smallest absolute Gasteiger partial charge is 0.261 e. The predicted octanol–water partition coefficient (Wildman–Crippen LogP) is 3.08.